The molecule has 0 spiro atoms. The number of nitrogens with zero attached hydrogens (tertiary/aromatic N) is 2. The number of para-hydroxylation sites is 1. The highest BCUT2D eigenvalue weighted by Crippen LogP contribution is 2.29. The lowest BCUT2D eigenvalue weighted by Gasteiger charge is -2.40. The van der Waals surface area contributed by atoms with Crippen LogP contribution in [0.1, 0.15) is 33.1 Å². The fourth-order valence-electron chi connectivity index (χ4n) is 5.02. The second kappa shape index (κ2) is 13.2. The van der Waals surface area contributed by atoms with E-state index in [0.717, 1.165) is 32.6 Å². The van der Waals surface area contributed by atoms with Crippen molar-refractivity contribution in [3.63, 3.8) is 0 Å². The number of benzene rings is 4. The fraction of sp³-hybridized carbons (Fsp3) is 0.212. The molecular weight excluding hydrogens is 502 g/mol. The number of amides is 1. The van der Waals surface area contributed by atoms with Gasteiger partial charge in [-0.1, -0.05) is 103 Å². The molecule has 6 heteroatoms. The van der Waals surface area contributed by atoms with Crippen LogP contribution in [-0.4, -0.2) is 53.6 Å². The fourth-order valence-corrected chi connectivity index (χ4v) is 5.29. The Bertz CT molecular complexity index is 1320. The number of thiocarbonyl (C=S) groups is 1. The summed E-state index contributed by atoms with van der Waals surface area (Å²) in [5, 5.41) is 3.40. The van der Waals surface area contributed by atoms with Crippen LogP contribution in [-0.2, 0) is 6.42 Å². The van der Waals surface area contributed by atoms with Gasteiger partial charge in [-0.2, -0.15) is 0 Å². The molecule has 0 radical (unpaired) electrons. The van der Waals surface area contributed by atoms with Gasteiger partial charge >= 0.3 is 0 Å². The largest absolute Gasteiger partial charge is 0.492 e. The van der Waals surface area contributed by atoms with Crippen LogP contribution in [0.2, 0.25) is 0 Å². The third-order valence-electron chi connectivity index (χ3n) is 7.04. The van der Waals surface area contributed by atoms with Gasteiger partial charge in [-0.05, 0) is 41.0 Å². The minimum absolute atomic E-state index is 0.178. The summed E-state index contributed by atoms with van der Waals surface area (Å²) in [7, 11) is 0. The monoisotopic (exact) mass is 535 g/mol. The first-order chi connectivity index (χ1) is 19.2. The summed E-state index contributed by atoms with van der Waals surface area (Å²) in [5.74, 6) is 0.316. The number of piperazine rings is 1. The van der Waals surface area contributed by atoms with E-state index in [1.165, 1.54) is 16.7 Å². The predicted octanol–water partition coefficient (Wildman–Crippen LogP) is 5.73. The van der Waals surface area contributed by atoms with Crippen LogP contribution >= 0.6 is 12.2 Å². The SMILES string of the molecule is O=C(NC(=S)N1CCN(C(c2ccccc2)c2ccccc2)CC1)c1ccccc1OCCc1ccccc1. The molecule has 39 heavy (non-hydrogen) atoms. The molecule has 4 aromatic carbocycles. The van der Waals surface area contributed by atoms with Crippen LogP contribution in [0, 0.1) is 0 Å². The molecule has 1 N–H and O–H groups in total. The lowest BCUT2D eigenvalue weighted by molar-refractivity contribution is 0.0963. The number of carbonyl (C=O) groups is 1. The molecule has 4 aromatic rings. The minimum Gasteiger partial charge on any atom is -0.492 e. The quantitative estimate of drug-likeness (QED) is 0.292. The van der Waals surface area contributed by atoms with Gasteiger partial charge in [0, 0.05) is 32.6 Å². The molecule has 1 heterocycles. The van der Waals surface area contributed by atoms with Crippen LogP contribution in [0.5, 0.6) is 5.75 Å². The third-order valence-corrected chi connectivity index (χ3v) is 7.40. The van der Waals surface area contributed by atoms with Gasteiger partial charge < -0.3 is 9.64 Å². The molecule has 0 saturated carbocycles. The van der Waals surface area contributed by atoms with Crippen molar-refractivity contribution >= 4 is 23.2 Å². The Labute approximate surface area is 236 Å². The number of hydrogen-bond acceptors (Lipinski definition) is 4. The lowest BCUT2D eigenvalue weighted by Crippen LogP contribution is -2.53. The van der Waals surface area contributed by atoms with Crippen LogP contribution in [0.3, 0.4) is 0 Å². The van der Waals surface area contributed by atoms with E-state index in [9.17, 15) is 4.79 Å². The highest BCUT2D eigenvalue weighted by molar-refractivity contribution is 7.80. The summed E-state index contributed by atoms with van der Waals surface area (Å²) >= 11 is 5.67. The first-order valence-electron chi connectivity index (χ1n) is 13.4. The molecule has 1 aliphatic rings. The van der Waals surface area contributed by atoms with E-state index >= 15 is 0 Å². The zero-order valence-electron chi connectivity index (χ0n) is 21.9. The first-order valence-corrected chi connectivity index (χ1v) is 13.8. The van der Waals surface area contributed by atoms with Gasteiger partial charge in [0.25, 0.3) is 5.91 Å². The molecule has 0 unspecified atom stereocenters. The highest BCUT2D eigenvalue weighted by atomic mass is 32.1. The lowest BCUT2D eigenvalue weighted by atomic mass is 9.96. The van der Waals surface area contributed by atoms with Crippen molar-refractivity contribution in [1.82, 2.24) is 15.1 Å². The van der Waals surface area contributed by atoms with Gasteiger partial charge in [0.05, 0.1) is 18.2 Å². The Morgan fingerprint density at radius 1 is 0.744 bits per heavy atom. The Balaban J connectivity index is 1.18. The van der Waals surface area contributed by atoms with Crippen LogP contribution in [0.4, 0.5) is 0 Å². The smallest absolute Gasteiger partial charge is 0.261 e. The molecule has 1 fully saturated rings. The zero-order chi connectivity index (χ0) is 26.9. The van der Waals surface area contributed by atoms with E-state index in [1.807, 2.05) is 36.4 Å². The summed E-state index contributed by atoms with van der Waals surface area (Å²) in [6, 6.07) is 38.9. The molecule has 0 aromatic heterocycles. The van der Waals surface area contributed by atoms with Gasteiger partial charge in [-0.25, -0.2) is 0 Å². The number of rotatable bonds is 8. The summed E-state index contributed by atoms with van der Waals surface area (Å²) < 4.78 is 5.99. The van der Waals surface area contributed by atoms with Gasteiger partial charge in [-0.3, -0.25) is 15.0 Å². The number of ether oxygens (including phenoxy) is 1. The average Bonchev–Trinajstić information content (AvgIpc) is 2.99. The van der Waals surface area contributed by atoms with E-state index < -0.39 is 0 Å². The first kappa shape index (κ1) is 26.6. The number of carbonyl (C=O) groups excluding carboxylic acids is 1. The van der Waals surface area contributed by atoms with Crippen molar-refractivity contribution in [2.24, 2.45) is 0 Å². The number of nitrogens with one attached hydrogen (secondary N) is 1. The minimum atomic E-state index is -0.246. The summed E-state index contributed by atoms with van der Waals surface area (Å²) in [6.07, 6.45) is 0.770. The van der Waals surface area contributed by atoms with E-state index in [0.29, 0.717) is 23.0 Å². The Morgan fingerprint density at radius 2 is 1.28 bits per heavy atom. The van der Waals surface area contributed by atoms with E-state index in [-0.39, 0.29) is 11.9 Å². The molecule has 198 valence electrons. The van der Waals surface area contributed by atoms with E-state index in [1.54, 1.807) is 6.07 Å². The van der Waals surface area contributed by atoms with E-state index in [2.05, 4.69) is 87.9 Å². The van der Waals surface area contributed by atoms with Gasteiger partial charge in [-0.15, -0.1) is 0 Å². The molecule has 0 bridgehead atoms. The summed E-state index contributed by atoms with van der Waals surface area (Å²) in [6.45, 7) is 3.65. The summed E-state index contributed by atoms with van der Waals surface area (Å²) in [5.41, 5.74) is 4.23. The zero-order valence-corrected chi connectivity index (χ0v) is 22.7. The van der Waals surface area contributed by atoms with Crippen LogP contribution in [0.25, 0.3) is 0 Å². The van der Waals surface area contributed by atoms with Gasteiger partial charge in [0.2, 0.25) is 0 Å². The third kappa shape index (κ3) is 6.91. The second-order valence-corrected chi connectivity index (χ2v) is 9.97. The van der Waals surface area contributed by atoms with Crippen LogP contribution < -0.4 is 10.1 Å². The van der Waals surface area contributed by atoms with Crippen molar-refractivity contribution in [3.8, 4) is 5.75 Å². The summed E-state index contributed by atoms with van der Waals surface area (Å²) in [4.78, 5) is 17.7. The Morgan fingerprint density at radius 3 is 1.90 bits per heavy atom. The topological polar surface area (TPSA) is 44.8 Å². The maximum absolute atomic E-state index is 13.2. The molecule has 1 aliphatic heterocycles. The van der Waals surface area contributed by atoms with Crippen molar-refractivity contribution < 1.29 is 9.53 Å². The van der Waals surface area contributed by atoms with Crippen LogP contribution in [0.15, 0.2) is 115 Å². The number of hydrogen-bond donors (Lipinski definition) is 1. The maximum Gasteiger partial charge on any atom is 0.261 e. The maximum atomic E-state index is 13.2. The second-order valence-electron chi connectivity index (χ2n) is 9.59. The van der Waals surface area contributed by atoms with E-state index in [4.69, 9.17) is 17.0 Å². The molecule has 0 atom stereocenters. The predicted molar refractivity (Wildman–Crippen MR) is 160 cm³/mol. The normalized spacial score (nSPS) is 13.7. The average molecular weight is 536 g/mol. The molecular formula is C33H33N3O2S. The van der Waals surface area contributed by atoms with Crippen molar-refractivity contribution in [3.05, 3.63) is 138 Å². The Kier molecular flexibility index (Phi) is 8.99. The van der Waals surface area contributed by atoms with Crippen molar-refractivity contribution in [2.45, 2.75) is 12.5 Å². The standard InChI is InChI=1S/C33H33N3O2S/c37-32(29-18-10-11-19-30(29)38-25-20-26-12-4-1-5-13-26)34-33(39)36-23-21-35(22-24-36)31(27-14-6-2-7-15-27)28-16-8-3-9-17-28/h1-19,31H,20-25H2,(H,34,37,39). The van der Waals surface area contributed by atoms with Gasteiger partial charge in [0.15, 0.2) is 5.11 Å². The van der Waals surface area contributed by atoms with Crippen molar-refractivity contribution in [2.75, 3.05) is 32.8 Å². The molecule has 0 aliphatic carbocycles. The highest BCUT2D eigenvalue weighted by Gasteiger charge is 2.28. The molecule has 1 amide bonds. The molecule has 5 nitrogen and oxygen atoms in total. The van der Waals surface area contributed by atoms with Gasteiger partial charge in [0.1, 0.15) is 5.75 Å². The molecule has 1 saturated heterocycles. The van der Waals surface area contributed by atoms with Crippen molar-refractivity contribution in [1.29, 1.82) is 0 Å². The molecule has 5 rings (SSSR count). The Hall–Kier alpha value is -4.00.